The Kier molecular flexibility index (Phi) is 5.90. The minimum Gasteiger partial charge on any atom is -0.391 e. The van der Waals surface area contributed by atoms with Crippen LogP contribution in [0, 0.1) is 5.82 Å². The lowest BCUT2D eigenvalue weighted by molar-refractivity contribution is 0.175. The van der Waals surface area contributed by atoms with Crippen molar-refractivity contribution in [2.45, 2.75) is 25.1 Å². The average Bonchev–Trinajstić information content (AvgIpc) is 3.32. The fourth-order valence-corrected chi connectivity index (χ4v) is 3.78. The van der Waals surface area contributed by atoms with E-state index >= 15 is 0 Å². The van der Waals surface area contributed by atoms with Crippen molar-refractivity contribution in [1.29, 1.82) is 0 Å². The van der Waals surface area contributed by atoms with Gasteiger partial charge < -0.3 is 19.9 Å². The summed E-state index contributed by atoms with van der Waals surface area (Å²) in [4.78, 5) is 14.3. The highest BCUT2D eigenvalue weighted by molar-refractivity contribution is 6.30. The van der Waals surface area contributed by atoms with Crippen molar-refractivity contribution < 1.29 is 14.3 Å². The average molecular weight is 450 g/mol. The number of nitrogens with one attached hydrogen (secondary N) is 1. The van der Waals surface area contributed by atoms with Crippen LogP contribution in [-0.4, -0.2) is 43.5 Å². The Balaban J connectivity index is 1.55. The molecule has 1 aromatic heterocycles. The van der Waals surface area contributed by atoms with Gasteiger partial charge in [0.2, 0.25) is 0 Å². The number of benzene rings is 2. The first-order valence-electron chi connectivity index (χ1n) is 9.23. The zero-order chi connectivity index (χ0) is 21.3. The molecular formula is C20H18Cl2FN5O2. The van der Waals surface area contributed by atoms with Gasteiger partial charge in [0.05, 0.1) is 24.4 Å². The zero-order valence-corrected chi connectivity index (χ0v) is 17.2. The minimum atomic E-state index is -0.725. The second-order valence-corrected chi connectivity index (χ2v) is 7.93. The van der Waals surface area contributed by atoms with Crippen LogP contribution in [-0.2, 0) is 6.54 Å². The molecule has 4 rings (SSSR count). The summed E-state index contributed by atoms with van der Waals surface area (Å²) in [5, 5.41) is 21.8. The van der Waals surface area contributed by atoms with Crippen LogP contribution in [0.15, 0.2) is 48.8 Å². The predicted molar refractivity (Wildman–Crippen MR) is 111 cm³/mol. The second kappa shape index (κ2) is 8.59. The molecule has 0 radical (unpaired) electrons. The van der Waals surface area contributed by atoms with Crippen LogP contribution in [0.4, 0.5) is 14.9 Å². The van der Waals surface area contributed by atoms with Gasteiger partial charge in [0, 0.05) is 23.0 Å². The van der Waals surface area contributed by atoms with Crippen molar-refractivity contribution in [2.75, 3.05) is 11.9 Å². The number of hydrogen-bond acceptors (Lipinski definition) is 4. The lowest BCUT2D eigenvalue weighted by atomic mass is 10.1. The van der Waals surface area contributed by atoms with Gasteiger partial charge in [0.25, 0.3) is 0 Å². The summed E-state index contributed by atoms with van der Waals surface area (Å²) in [6.45, 7) is 0.576. The van der Waals surface area contributed by atoms with Gasteiger partial charge in [-0.25, -0.2) is 9.18 Å². The van der Waals surface area contributed by atoms with Crippen molar-refractivity contribution in [3.05, 3.63) is 76.0 Å². The number of carbonyl (C=O) groups is 1. The summed E-state index contributed by atoms with van der Waals surface area (Å²) >= 11 is 11.7. The van der Waals surface area contributed by atoms with Crippen molar-refractivity contribution in [3.63, 3.8) is 0 Å². The van der Waals surface area contributed by atoms with Crippen LogP contribution in [0.2, 0.25) is 10.0 Å². The molecule has 2 aromatic carbocycles. The molecule has 10 heteroatoms. The Morgan fingerprint density at radius 2 is 1.93 bits per heavy atom. The minimum absolute atomic E-state index is 0.00664. The quantitative estimate of drug-likeness (QED) is 0.627. The number of β-amino-alcohol motifs (C(OH)–C–C–N with tert-alkyl or cyclic N) is 1. The number of halogens is 3. The van der Waals surface area contributed by atoms with E-state index in [1.807, 2.05) is 16.7 Å². The molecule has 0 aliphatic carbocycles. The van der Waals surface area contributed by atoms with E-state index in [-0.39, 0.29) is 17.3 Å². The van der Waals surface area contributed by atoms with E-state index in [0.29, 0.717) is 23.8 Å². The maximum atomic E-state index is 14.1. The summed E-state index contributed by atoms with van der Waals surface area (Å²) in [5.74, 6) is -0.105. The number of aliphatic hydroxyl groups excluding tert-OH is 1. The van der Waals surface area contributed by atoms with Gasteiger partial charge in [-0.05, 0) is 35.9 Å². The maximum Gasteiger partial charge on any atom is 0.322 e. The van der Waals surface area contributed by atoms with Gasteiger partial charge in [-0.1, -0.05) is 35.3 Å². The largest absolute Gasteiger partial charge is 0.391 e. The topological polar surface area (TPSA) is 83.3 Å². The summed E-state index contributed by atoms with van der Waals surface area (Å²) in [5.41, 5.74) is 0.991. The molecular weight excluding hydrogens is 432 g/mol. The third-order valence-electron chi connectivity index (χ3n) is 4.92. The van der Waals surface area contributed by atoms with Gasteiger partial charge >= 0.3 is 6.03 Å². The number of aliphatic hydroxyl groups is 1. The number of hydrogen-bond donors (Lipinski definition) is 2. The Morgan fingerprint density at radius 1 is 1.20 bits per heavy atom. The monoisotopic (exact) mass is 449 g/mol. The SMILES string of the molecule is O=C(Nc1ccc(Cl)cc1F)N1CC(O)CC1c1nncn1Cc1ccc(Cl)cc1. The van der Waals surface area contributed by atoms with E-state index in [9.17, 15) is 14.3 Å². The van der Waals surface area contributed by atoms with E-state index in [4.69, 9.17) is 23.2 Å². The number of nitrogens with zero attached hydrogens (tertiary/aromatic N) is 4. The Hall–Kier alpha value is -2.68. The predicted octanol–water partition coefficient (Wildman–Crippen LogP) is 4.11. The maximum absolute atomic E-state index is 14.1. The van der Waals surface area contributed by atoms with E-state index in [2.05, 4.69) is 15.5 Å². The summed E-state index contributed by atoms with van der Waals surface area (Å²) in [6, 6.07) is 10.3. The third kappa shape index (κ3) is 4.40. The van der Waals surface area contributed by atoms with Crippen molar-refractivity contribution >= 4 is 34.9 Å². The molecule has 156 valence electrons. The molecule has 1 saturated heterocycles. The molecule has 0 saturated carbocycles. The standard InChI is InChI=1S/C20H18Cl2FN5O2/c21-13-3-1-12(2-4-13)9-27-11-24-26-19(27)18-8-15(29)10-28(18)20(30)25-17-6-5-14(22)7-16(17)23/h1-7,11,15,18,29H,8-10H2,(H,25,30). The van der Waals surface area contributed by atoms with E-state index in [1.54, 1.807) is 18.5 Å². The van der Waals surface area contributed by atoms with Crippen LogP contribution < -0.4 is 5.32 Å². The number of likely N-dealkylation sites (tertiary alicyclic amines) is 1. The van der Waals surface area contributed by atoms with Crippen LogP contribution in [0.5, 0.6) is 0 Å². The lowest BCUT2D eigenvalue weighted by Crippen LogP contribution is -2.36. The van der Waals surface area contributed by atoms with Crippen LogP contribution in [0.25, 0.3) is 0 Å². The Labute approximate surface area is 182 Å². The van der Waals surface area contributed by atoms with Crippen LogP contribution in [0.3, 0.4) is 0 Å². The summed E-state index contributed by atoms with van der Waals surface area (Å²) < 4.78 is 15.9. The molecule has 2 N–H and O–H groups in total. The number of aromatic nitrogens is 3. The highest BCUT2D eigenvalue weighted by Crippen LogP contribution is 2.32. The summed E-state index contributed by atoms with van der Waals surface area (Å²) in [7, 11) is 0. The number of anilines is 1. The number of rotatable bonds is 4. The molecule has 30 heavy (non-hydrogen) atoms. The molecule has 2 unspecified atom stereocenters. The molecule has 0 bridgehead atoms. The number of carbonyl (C=O) groups excluding carboxylic acids is 1. The van der Waals surface area contributed by atoms with E-state index < -0.39 is 24.0 Å². The number of urea groups is 1. The molecule has 2 heterocycles. The van der Waals surface area contributed by atoms with E-state index in [0.717, 1.165) is 11.6 Å². The fourth-order valence-electron chi connectivity index (χ4n) is 3.49. The van der Waals surface area contributed by atoms with Crippen molar-refractivity contribution in [1.82, 2.24) is 19.7 Å². The van der Waals surface area contributed by atoms with Gasteiger partial charge in [-0.3, -0.25) is 0 Å². The third-order valence-corrected chi connectivity index (χ3v) is 5.41. The molecule has 0 spiro atoms. The highest BCUT2D eigenvalue weighted by atomic mass is 35.5. The van der Waals surface area contributed by atoms with Gasteiger partial charge in [-0.2, -0.15) is 0 Å². The van der Waals surface area contributed by atoms with Crippen LogP contribution >= 0.6 is 23.2 Å². The molecule has 2 amide bonds. The van der Waals surface area contributed by atoms with Crippen molar-refractivity contribution in [3.8, 4) is 0 Å². The summed E-state index contributed by atoms with van der Waals surface area (Å²) in [6.07, 6.45) is 1.15. The first-order valence-corrected chi connectivity index (χ1v) is 9.99. The smallest absolute Gasteiger partial charge is 0.322 e. The first-order chi connectivity index (χ1) is 14.4. The lowest BCUT2D eigenvalue weighted by Gasteiger charge is -2.24. The highest BCUT2D eigenvalue weighted by Gasteiger charge is 2.38. The first kappa shape index (κ1) is 20.6. The molecule has 1 fully saturated rings. The molecule has 7 nitrogen and oxygen atoms in total. The molecule has 3 aromatic rings. The molecule has 1 aliphatic rings. The van der Waals surface area contributed by atoms with Gasteiger partial charge in [0.15, 0.2) is 5.82 Å². The van der Waals surface area contributed by atoms with E-state index in [1.165, 1.54) is 17.0 Å². The zero-order valence-electron chi connectivity index (χ0n) is 15.7. The molecule has 2 atom stereocenters. The van der Waals surface area contributed by atoms with Crippen LogP contribution in [0.1, 0.15) is 23.9 Å². The molecule has 1 aliphatic heterocycles. The van der Waals surface area contributed by atoms with Crippen molar-refractivity contribution in [2.24, 2.45) is 0 Å². The fraction of sp³-hybridized carbons (Fsp3) is 0.250. The number of amides is 2. The normalized spacial score (nSPS) is 18.6. The van der Waals surface area contributed by atoms with Gasteiger partial charge in [-0.15, -0.1) is 10.2 Å². The Morgan fingerprint density at radius 3 is 2.67 bits per heavy atom. The van der Waals surface area contributed by atoms with Gasteiger partial charge in [0.1, 0.15) is 12.1 Å². The second-order valence-electron chi connectivity index (χ2n) is 7.06. The Bertz CT molecular complexity index is 1060.